The Bertz CT molecular complexity index is 334. The second-order valence-corrected chi connectivity index (χ2v) is 5.71. The van der Waals surface area contributed by atoms with E-state index in [0.29, 0.717) is 5.92 Å². The molecule has 1 fully saturated rings. The van der Waals surface area contributed by atoms with Crippen molar-refractivity contribution in [2.24, 2.45) is 7.05 Å². The Morgan fingerprint density at radius 1 is 1.38 bits per heavy atom. The van der Waals surface area contributed by atoms with Gasteiger partial charge in [-0.05, 0) is 19.3 Å². The summed E-state index contributed by atoms with van der Waals surface area (Å²) in [6.07, 6.45) is 6.26. The molecule has 1 aromatic heterocycles. The number of thioether (sulfide) groups is 1. The highest BCUT2D eigenvalue weighted by Gasteiger charge is 2.22. The van der Waals surface area contributed by atoms with Gasteiger partial charge in [-0.25, -0.2) is 0 Å². The Balaban J connectivity index is 1.99. The van der Waals surface area contributed by atoms with Gasteiger partial charge in [0.15, 0.2) is 5.16 Å². The van der Waals surface area contributed by atoms with E-state index in [1.54, 1.807) is 11.8 Å². The highest BCUT2D eigenvalue weighted by atomic mass is 35.5. The number of hydrogen-bond donors (Lipinski definition) is 0. The summed E-state index contributed by atoms with van der Waals surface area (Å²) >= 11 is 7.42. The van der Waals surface area contributed by atoms with E-state index in [-0.39, 0.29) is 0 Å². The Labute approximate surface area is 106 Å². The highest BCUT2D eigenvalue weighted by Crippen LogP contribution is 2.33. The maximum absolute atomic E-state index is 5.66. The molecule has 1 aliphatic carbocycles. The van der Waals surface area contributed by atoms with Crippen molar-refractivity contribution < 1.29 is 0 Å². The Kier molecular flexibility index (Phi) is 4.53. The standard InChI is InChI=1S/C11H18ClN3S/c1-15-10(9-5-2-3-6-9)13-14-11(15)16-8-4-7-12/h9H,2-8H2,1H3. The molecular formula is C11H18ClN3S. The summed E-state index contributed by atoms with van der Waals surface area (Å²) in [6.45, 7) is 0. The van der Waals surface area contributed by atoms with Crippen LogP contribution in [0.15, 0.2) is 5.16 Å². The second-order valence-electron chi connectivity index (χ2n) is 4.27. The molecule has 0 aliphatic heterocycles. The normalized spacial score (nSPS) is 17.1. The van der Waals surface area contributed by atoms with Crippen LogP contribution in [0.1, 0.15) is 43.8 Å². The molecule has 0 N–H and O–H groups in total. The third-order valence-electron chi connectivity index (χ3n) is 3.10. The monoisotopic (exact) mass is 259 g/mol. The summed E-state index contributed by atoms with van der Waals surface area (Å²) in [5.41, 5.74) is 0. The first kappa shape index (κ1) is 12.2. The smallest absolute Gasteiger partial charge is 0.190 e. The van der Waals surface area contributed by atoms with Crippen molar-refractivity contribution in [2.45, 2.75) is 43.2 Å². The molecule has 1 aliphatic rings. The number of halogens is 1. The number of hydrogen-bond acceptors (Lipinski definition) is 3. The van der Waals surface area contributed by atoms with Crippen LogP contribution >= 0.6 is 23.4 Å². The molecule has 0 bridgehead atoms. The van der Waals surface area contributed by atoms with E-state index in [0.717, 1.165) is 23.2 Å². The molecule has 0 unspecified atom stereocenters. The van der Waals surface area contributed by atoms with Crippen molar-refractivity contribution >= 4 is 23.4 Å². The van der Waals surface area contributed by atoms with Crippen LogP contribution in [0.2, 0.25) is 0 Å². The maximum Gasteiger partial charge on any atom is 0.190 e. The van der Waals surface area contributed by atoms with Crippen LogP contribution in [-0.4, -0.2) is 26.4 Å². The molecule has 5 heteroatoms. The predicted octanol–water partition coefficient (Wildman–Crippen LogP) is 3.19. The van der Waals surface area contributed by atoms with E-state index in [1.165, 1.54) is 31.5 Å². The number of alkyl halides is 1. The number of nitrogens with zero attached hydrogens (tertiary/aromatic N) is 3. The highest BCUT2D eigenvalue weighted by molar-refractivity contribution is 7.99. The molecule has 0 amide bonds. The minimum atomic E-state index is 0.639. The predicted molar refractivity (Wildman–Crippen MR) is 68.3 cm³/mol. The Morgan fingerprint density at radius 3 is 2.81 bits per heavy atom. The molecule has 0 atom stereocenters. The minimum Gasteiger partial charge on any atom is -0.309 e. The molecule has 3 nitrogen and oxygen atoms in total. The fourth-order valence-electron chi connectivity index (χ4n) is 2.21. The van der Waals surface area contributed by atoms with Gasteiger partial charge in [-0.15, -0.1) is 21.8 Å². The number of aromatic nitrogens is 3. The first-order valence-corrected chi connectivity index (χ1v) is 7.43. The van der Waals surface area contributed by atoms with Crippen molar-refractivity contribution in [1.29, 1.82) is 0 Å². The first-order chi connectivity index (χ1) is 7.83. The molecule has 0 saturated heterocycles. The van der Waals surface area contributed by atoms with Crippen LogP contribution in [0.3, 0.4) is 0 Å². The summed E-state index contributed by atoms with van der Waals surface area (Å²) in [5.74, 6) is 3.56. The van der Waals surface area contributed by atoms with Crippen molar-refractivity contribution in [2.75, 3.05) is 11.6 Å². The molecule has 16 heavy (non-hydrogen) atoms. The largest absolute Gasteiger partial charge is 0.309 e. The molecule has 1 heterocycles. The van der Waals surface area contributed by atoms with Crippen LogP contribution in [0, 0.1) is 0 Å². The van der Waals surface area contributed by atoms with Gasteiger partial charge in [-0.3, -0.25) is 0 Å². The van der Waals surface area contributed by atoms with E-state index in [2.05, 4.69) is 21.8 Å². The van der Waals surface area contributed by atoms with Crippen molar-refractivity contribution in [1.82, 2.24) is 14.8 Å². The van der Waals surface area contributed by atoms with Gasteiger partial charge in [-0.2, -0.15) is 0 Å². The third-order valence-corrected chi connectivity index (χ3v) is 4.47. The average Bonchev–Trinajstić information content (AvgIpc) is 2.89. The quantitative estimate of drug-likeness (QED) is 0.462. The lowest BCUT2D eigenvalue weighted by atomic mass is 10.1. The van der Waals surface area contributed by atoms with Gasteiger partial charge < -0.3 is 4.57 Å². The molecule has 1 aromatic rings. The lowest BCUT2D eigenvalue weighted by Crippen LogP contribution is -2.03. The van der Waals surface area contributed by atoms with Gasteiger partial charge in [-0.1, -0.05) is 24.6 Å². The summed E-state index contributed by atoms with van der Waals surface area (Å²) in [5, 5.41) is 9.63. The van der Waals surface area contributed by atoms with Crippen LogP contribution < -0.4 is 0 Å². The third kappa shape index (κ3) is 2.72. The Hall–Kier alpha value is -0.220. The van der Waals surface area contributed by atoms with Crippen LogP contribution in [0.5, 0.6) is 0 Å². The number of rotatable bonds is 5. The molecule has 90 valence electrons. The van der Waals surface area contributed by atoms with Gasteiger partial charge in [0.2, 0.25) is 0 Å². The fourth-order valence-corrected chi connectivity index (χ4v) is 3.36. The van der Waals surface area contributed by atoms with Gasteiger partial charge >= 0.3 is 0 Å². The summed E-state index contributed by atoms with van der Waals surface area (Å²) in [4.78, 5) is 0. The lowest BCUT2D eigenvalue weighted by Gasteiger charge is -2.08. The van der Waals surface area contributed by atoms with Crippen LogP contribution in [-0.2, 0) is 7.05 Å². The minimum absolute atomic E-state index is 0.639. The zero-order valence-electron chi connectivity index (χ0n) is 9.65. The molecule has 0 radical (unpaired) electrons. The molecular weight excluding hydrogens is 242 g/mol. The first-order valence-electron chi connectivity index (χ1n) is 5.91. The van der Waals surface area contributed by atoms with Crippen LogP contribution in [0.4, 0.5) is 0 Å². The Morgan fingerprint density at radius 2 is 2.12 bits per heavy atom. The summed E-state index contributed by atoms with van der Waals surface area (Å²) in [6, 6.07) is 0. The van der Waals surface area contributed by atoms with E-state index in [9.17, 15) is 0 Å². The van der Waals surface area contributed by atoms with Crippen molar-refractivity contribution in [3.8, 4) is 0 Å². The SMILES string of the molecule is Cn1c(SCCCCl)nnc1C1CCCC1. The zero-order valence-corrected chi connectivity index (χ0v) is 11.2. The molecule has 0 aromatic carbocycles. The molecule has 2 rings (SSSR count). The van der Waals surface area contributed by atoms with Gasteiger partial charge in [0.1, 0.15) is 5.82 Å². The van der Waals surface area contributed by atoms with Crippen molar-refractivity contribution in [3.05, 3.63) is 5.82 Å². The van der Waals surface area contributed by atoms with Gasteiger partial charge in [0.25, 0.3) is 0 Å². The topological polar surface area (TPSA) is 30.7 Å². The zero-order chi connectivity index (χ0) is 11.4. The fraction of sp³-hybridized carbons (Fsp3) is 0.818. The van der Waals surface area contributed by atoms with Crippen LogP contribution in [0.25, 0.3) is 0 Å². The lowest BCUT2D eigenvalue weighted by molar-refractivity contribution is 0.616. The maximum atomic E-state index is 5.66. The average molecular weight is 260 g/mol. The van der Waals surface area contributed by atoms with Crippen molar-refractivity contribution in [3.63, 3.8) is 0 Å². The van der Waals surface area contributed by atoms with E-state index in [4.69, 9.17) is 11.6 Å². The second kappa shape index (κ2) is 5.92. The summed E-state index contributed by atoms with van der Waals surface area (Å²) in [7, 11) is 2.08. The van der Waals surface area contributed by atoms with Gasteiger partial charge in [0, 0.05) is 24.6 Å². The van der Waals surface area contributed by atoms with E-state index >= 15 is 0 Å². The molecule has 0 spiro atoms. The van der Waals surface area contributed by atoms with E-state index in [1.807, 2.05) is 0 Å². The molecule has 1 saturated carbocycles. The van der Waals surface area contributed by atoms with Gasteiger partial charge in [0.05, 0.1) is 0 Å². The summed E-state index contributed by atoms with van der Waals surface area (Å²) < 4.78 is 2.16. The van der Waals surface area contributed by atoms with E-state index < -0.39 is 0 Å².